The molecule has 0 radical (unpaired) electrons. The normalized spacial score (nSPS) is 18.1. The summed E-state index contributed by atoms with van der Waals surface area (Å²) in [5.74, 6) is -0.959. The van der Waals surface area contributed by atoms with E-state index in [1.165, 1.54) is 0 Å². The number of fused-ring (bicyclic) bond motifs is 1. The van der Waals surface area contributed by atoms with Crippen molar-refractivity contribution in [3.8, 4) is 0 Å². The molecule has 1 aromatic rings. The van der Waals surface area contributed by atoms with Crippen LogP contribution >= 0.6 is 0 Å². The Morgan fingerprint density at radius 2 is 1.88 bits per heavy atom. The number of likely N-dealkylation sites (tertiary alicyclic amines) is 1. The Balaban J connectivity index is 1.67. The van der Waals surface area contributed by atoms with E-state index in [2.05, 4.69) is 0 Å². The summed E-state index contributed by atoms with van der Waals surface area (Å²) in [6.45, 7) is 1.81. The van der Waals surface area contributed by atoms with Crippen LogP contribution in [0, 0.1) is 0 Å². The fraction of sp³-hybridized carbons (Fsp3) is 0.500. The molecule has 0 unspecified atom stereocenters. The SMILES string of the molecule is O=C(O)c1ccc2c(c1)CN(C(=O)CN1CCCCCC1=O)CC2. The molecule has 0 saturated carbocycles. The lowest BCUT2D eigenvalue weighted by Gasteiger charge is -2.31. The second kappa shape index (κ2) is 7.03. The number of carboxylic acids is 1. The van der Waals surface area contributed by atoms with Gasteiger partial charge in [-0.3, -0.25) is 9.59 Å². The van der Waals surface area contributed by atoms with Crippen LogP contribution in [0.4, 0.5) is 0 Å². The Morgan fingerprint density at radius 1 is 1.04 bits per heavy atom. The van der Waals surface area contributed by atoms with Crippen LogP contribution in [0.1, 0.15) is 47.2 Å². The maximum atomic E-state index is 12.6. The predicted octanol–water partition coefficient (Wildman–Crippen LogP) is 1.67. The van der Waals surface area contributed by atoms with Gasteiger partial charge >= 0.3 is 5.97 Å². The average molecular weight is 330 g/mol. The minimum atomic E-state index is -0.962. The minimum Gasteiger partial charge on any atom is -0.478 e. The van der Waals surface area contributed by atoms with Gasteiger partial charge in [0.1, 0.15) is 0 Å². The first-order valence-electron chi connectivity index (χ1n) is 8.45. The largest absolute Gasteiger partial charge is 0.478 e. The first-order valence-corrected chi connectivity index (χ1v) is 8.45. The first kappa shape index (κ1) is 16.5. The van der Waals surface area contributed by atoms with E-state index in [9.17, 15) is 14.4 Å². The number of rotatable bonds is 3. The van der Waals surface area contributed by atoms with Crippen molar-refractivity contribution in [3.63, 3.8) is 0 Å². The van der Waals surface area contributed by atoms with E-state index in [-0.39, 0.29) is 23.9 Å². The number of benzene rings is 1. The summed E-state index contributed by atoms with van der Waals surface area (Å²) in [6, 6.07) is 5.08. The van der Waals surface area contributed by atoms with Crippen molar-refractivity contribution >= 4 is 17.8 Å². The highest BCUT2D eigenvalue weighted by atomic mass is 16.4. The van der Waals surface area contributed by atoms with Crippen molar-refractivity contribution in [3.05, 3.63) is 34.9 Å². The van der Waals surface area contributed by atoms with E-state index in [0.717, 1.165) is 36.8 Å². The van der Waals surface area contributed by atoms with Crippen LogP contribution in [0.3, 0.4) is 0 Å². The molecule has 3 rings (SSSR count). The van der Waals surface area contributed by atoms with Gasteiger partial charge in [0, 0.05) is 26.1 Å². The lowest BCUT2D eigenvalue weighted by atomic mass is 9.97. The van der Waals surface area contributed by atoms with Gasteiger partial charge in [-0.15, -0.1) is 0 Å². The van der Waals surface area contributed by atoms with Crippen LogP contribution < -0.4 is 0 Å². The third kappa shape index (κ3) is 3.58. The summed E-state index contributed by atoms with van der Waals surface area (Å²) in [6.07, 6.45) is 4.13. The fourth-order valence-electron chi connectivity index (χ4n) is 3.37. The van der Waals surface area contributed by atoms with Gasteiger partial charge in [0.25, 0.3) is 0 Å². The van der Waals surface area contributed by atoms with Gasteiger partial charge in [-0.05, 0) is 42.5 Å². The molecule has 0 aliphatic carbocycles. The molecule has 2 aliphatic rings. The van der Waals surface area contributed by atoms with Crippen molar-refractivity contribution < 1.29 is 19.5 Å². The molecule has 24 heavy (non-hydrogen) atoms. The van der Waals surface area contributed by atoms with Crippen LogP contribution in [-0.2, 0) is 22.6 Å². The zero-order valence-corrected chi connectivity index (χ0v) is 13.7. The first-order chi connectivity index (χ1) is 11.5. The Kier molecular flexibility index (Phi) is 4.83. The number of aromatic carboxylic acids is 1. The number of nitrogens with zero attached hydrogens (tertiary/aromatic N) is 2. The van der Waals surface area contributed by atoms with Crippen molar-refractivity contribution in [1.82, 2.24) is 9.80 Å². The third-order valence-corrected chi connectivity index (χ3v) is 4.82. The number of hydrogen-bond donors (Lipinski definition) is 1. The molecule has 128 valence electrons. The summed E-state index contributed by atoms with van der Waals surface area (Å²) in [4.78, 5) is 39.1. The van der Waals surface area contributed by atoms with Crippen molar-refractivity contribution in [2.45, 2.75) is 38.6 Å². The highest BCUT2D eigenvalue weighted by Gasteiger charge is 2.25. The van der Waals surface area contributed by atoms with Crippen molar-refractivity contribution in [1.29, 1.82) is 0 Å². The number of hydrogen-bond acceptors (Lipinski definition) is 3. The van der Waals surface area contributed by atoms with Gasteiger partial charge in [-0.2, -0.15) is 0 Å². The molecule has 2 amide bonds. The third-order valence-electron chi connectivity index (χ3n) is 4.82. The number of carbonyl (C=O) groups excluding carboxylic acids is 2. The van der Waals surface area contributed by atoms with Gasteiger partial charge < -0.3 is 14.9 Å². The maximum Gasteiger partial charge on any atom is 0.335 e. The quantitative estimate of drug-likeness (QED) is 0.914. The standard InChI is InChI=1S/C18H22N2O4/c21-16-4-2-1-3-8-19(16)12-17(22)20-9-7-13-5-6-14(18(23)24)10-15(13)11-20/h5-6,10H,1-4,7-9,11-12H2,(H,23,24). The summed E-state index contributed by atoms with van der Waals surface area (Å²) >= 11 is 0. The highest BCUT2D eigenvalue weighted by molar-refractivity contribution is 5.88. The summed E-state index contributed by atoms with van der Waals surface area (Å²) < 4.78 is 0. The fourth-order valence-corrected chi connectivity index (χ4v) is 3.37. The van der Waals surface area contributed by atoms with E-state index in [4.69, 9.17) is 5.11 Å². The van der Waals surface area contributed by atoms with Crippen LogP contribution in [0.25, 0.3) is 0 Å². The molecule has 1 N–H and O–H groups in total. The molecule has 2 aliphatic heterocycles. The Hall–Kier alpha value is -2.37. The van der Waals surface area contributed by atoms with Gasteiger partial charge in [0.2, 0.25) is 11.8 Å². The smallest absolute Gasteiger partial charge is 0.335 e. The van der Waals surface area contributed by atoms with Gasteiger partial charge in [-0.1, -0.05) is 12.5 Å². The minimum absolute atomic E-state index is 0.0587. The van der Waals surface area contributed by atoms with Crippen LogP contribution in [0.2, 0.25) is 0 Å². The molecule has 1 aromatic carbocycles. The molecular formula is C18H22N2O4. The summed E-state index contributed by atoms with van der Waals surface area (Å²) in [5.41, 5.74) is 2.22. The predicted molar refractivity (Wildman–Crippen MR) is 87.6 cm³/mol. The van der Waals surface area contributed by atoms with Gasteiger partial charge in [0.15, 0.2) is 0 Å². The Morgan fingerprint density at radius 3 is 2.67 bits per heavy atom. The van der Waals surface area contributed by atoms with Gasteiger partial charge in [-0.25, -0.2) is 4.79 Å². The van der Waals surface area contributed by atoms with E-state index in [1.54, 1.807) is 21.9 Å². The van der Waals surface area contributed by atoms with Crippen LogP contribution in [-0.4, -0.2) is 52.3 Å². The Bertz CT molecular complexity index is 671. The number of carboxylic acid groups (broad SMARTS) is 1. The van der Waals surface area contributed by atoms with Crippen molar-refractivity contribution in [2.75, 3.05) is 19.6 Å². The highest BCUT2D eigenvalue weighted by Crippen LogP contribution is 2.21. The lowest BCUT2D eigenvalue weighted by Crippen LogP contribution is -2.44. The van der Waals surface area contributed by atoms with Gasteiger partial charge in [0.05, 0.1) is 12.1 Å². The lowest BCUT2D eigenvalue weighted by molar-refractivity contribution is -0.140. The van der Waals surface area contributed by atoms with E-state index in [1.807, 2.05) is 6.07 Å². The topological polar surface area (TPSA) is 77.9 Å². The molecule has 2 heterocycles. The monoisotopic (exact) mass is 330 g/mol. The van der Waals surface area contributed by atoms with Crippen LogP contribution in [0.15, 0.2) is 18.2 Å². The van der Waals surface area contributed by atoms with Crippen molar-refractivity contribution in [2.24, 2.45) is 0 Å². The molecule has 0 bridgehead atoms. The maximum absolute atomic E-state index is 12.6. The Labute approximate surface area is 141 Å². The average Bonchev–Trinajstić information content (AvgIpc) is 2.78. The molecular weight excluding hydrogens is 308 g/mol. The molecule has 0 aromatic heterocycles. The summed E-state index contributed by atoms with van der Waals surface area (Å²) in [5, 5.41) is 9.11. The molecule has 0 spiro atoms. The second-order valence-electron chi connectivity index (χ2n) is 6.48. The number of amides is 2. The van der Waals surface area contributed by atoms with E-state index < -0.39 is 5.97 Å². The molecule has 1 fully saturated rings. The zero-order valence-electron chi connectivity index (χ0n) is 13.7. The number of carbonyl (C=O) groups is 3. The van der Waals surface area contributed by atoms with Crippen LogP contribution in [0.5, 0.6) is 0 Å². The van der Waals surface area contributed by atoms with E-state index in [0.29, 0.717) is 26.1 Å². The second-order valence-corrected chi connectivity index (χ2v) is 6.48. The van der Waals surface area contributed by atoms with E-state index >= 15 is 0 Å². The molecule has 6 nitrogen and oxygen atoms in total. The molecule has 0 atom stereocenters. The molecule has 1 saturated heterocycles. The zero-order chi connectivity index (χ0) is 17.1. The molecule has 6 heteroatoms. The summed E-state index contributed by atoms with van der Waals surface area (Å²) in [7, 11) is 0.